The van der Waals surface area contributed by atoms with Gasteiger partial charge >= 0.3 is 0 Å². The molecular formula is C12H20O. The van der Waals surface area contributed by atoms with Crippen molar-refractivity contribution < 1.29 is 5.11 Å². The Kier molecular flexibility index (Phi) is 3.81. The van der Waals surface area contributed by atoms with E-state index in [1.165, 1.54) is 19.3 Å². The number of rotatable bonds is 2. The van der Waals surface area contributed by atoms with Crippen molar-refractivity contribution in [3.8, 4) is 11.8 Å². The fourth-order valence-corrected chi connectivity index (χ4v) is 2.17. The van der Waals surface area contributed by atoms with Crippen molar-refractivity contribution in [1.29, 1.82) is 0 Å². The molecule has 1 aliphatic carbocycles. The zero-order valence-corrected chi connectivity index (χ0v) is 8.77. The summed E-state index contributed by atoms with van der Waals surface area (Å²) in [5, 5.41) is 10.3. The summed E-state index contributed by atoms with van der Waals surface area (Å²) in [4.78, 5) is 0. The Bertz CT molecular complexity index is 211. The van der Waals surface area contributed by atoms with Gasteiger partial charge in [0.25, 0.3) is 0 Å². The molecule has 1 rings (SSSR count). The molecule has 1 aliphatic rings. The third-order valence-corrected chi connectivity index (χ3v) is 3.27. The lowest BCUT2D eigenvalue weighted by Gasteiger charge is -2.37. The van der Waals surface area contributed by atoms with Gasteiger partial charge in [-0.05, 0) is 32.1 Å². The van der Waals surface area contributed by atoms with Crippen LogP contribution in [0.5, 0.6) is 0 Å². The third-order valence-electron chi connectivity index (χ3n) is 3.27. The van der Waals surface area contributed by atoms with E-state index in [4.69, 9.17) is 0 Å². The lowest BCUT2D eigenvalue weighted by atomic mass is 9.74. The van der Waals surface area contributed by atoms with Crippen LogP contribution >= 0.6 is 0 Å². The highest BCUT2D eigenvalue weighted by Crippen LogP contribution is 2.36. The van der Waals surface area contributed by atoms with Gasteiger partial charge in [-0.2, -0.15) is 0 Å². The Labute approximate surface area is 81.5 Å². The summed E-state index contributed by atoms with van der Waals surface area (Å²) in [5.74, 6) is 6.37. The van der Waals surface area contributed by atoms with Gasteiger partial charge in [-0.1, -0.05) is 19.8 Å². The summed E-state index contributed by atoms with van der Waals surface area (Å²) in [7, 11) is 0. The molecule has 0 bridgehead atoms. The van der Waals surface area contributed by atoms with Crippen molar-refractivity contribution in [1.82, 2.24) is 0 Å². The lowest BCUT2D eigenvalue weighted by Crippen LogP contribution is -2.38. The summed E-state index contributed by atoms with van der Waals surface area (Å²) < 4.78 is 0. The molecule has 74 valence electrons. The first-order valence-corrected chi connectivity index (χ1v) is 5.31. The lowest BCUT2D eigenvalue weighted by molar-refractivity contribution is -0.0466. The van der Waals surface area contributed by atoms with Gasteiger partial charge in [0.15, 0.2) is 0 Å². The molecule has 1 heteroatoms. The van der Waals surface area contributed by atoms with Crippen molar-refractivity contribution in [2.75, 3.05) is 0 Å². The number of hydrogen-bond donors (Lipinski definition) is 1. The van der Waals surface area contributed by atoms with Crippen molar-refractivity contribution in [3.63, 3.8) is 0 Å². The first-order valence-electron chi connectivity index (χ1n) is 5.31. The first kappa shape index (κ1) is 10.6. The normalized spacial score (nSPS) is 33.6. The Balaban J connectivity index is 2.45. The second-order valence-electron chi connectivity index (χ2n) is 4.18. The SMILES string of the molecule is CC#CCCC1(O)CCCCC1C. The van der Waals surface area contributed by atoms with Crippen molar-refractivity contribution >= 4 is 0 Å². The molecular weight excluding hydrogens is 160 g/mol. The minimum atomic E-state index is -0.415. The highest BCUT2D eigenvalue weighted by atomic mass is 16.3. The van der Waals surface area contributed by atoms with Gasteiger partial charge in [0.05, 0.1) is 5.60 Å². The minimum Gasteiger partial charge on any atom is -0.390 e. The van der Waals surface area contributed by atoms with Gasteiger partial charge in [0.2, 0.25) is 0 Å². The van der Waals surface area contributed by atoms with E-state index in [1.54, 1.807) is 0 Å². The van der Waals surface area contributed by atoms with Crippen LogP contribution in [0.2, 0.25) is 0 Å². The second-order valence-corrected chi connectivity index (χ2v) is 4.18. The quantitative estimate of drug-likeness (QED) is 0.648. The fourth-order valence-electron chi connectivity index (χ4n) is 2.17. The molecule has 0 aliphatic heterocycles. The maximum atomic E-state index is 10.3. The molecule has 1 saturated carbocycles. The van der Waals surface area contributed by atoms with E-state index in [1.807, 2.05) is 6.92 Å². The summed E-state index contributed by atoms with van der Waals surface area (Å²) in [5.41, 5.74) is -0.415. The fraction of sp³-hybridized carbons (Fsp3) is 0.833. The predicted molar refractivity (Wildman–Crippen MR) is 55.3 cm³/mol. The van der Waals surface area contributed by atoms with Crippen LogP contribution in [-0.4, -0.2) is 10.7 Å². The van der Waals surface area contributed by atoms with E-state index in [0.717, 1.165) is 19.3 Å². The molecule has 0 amide bonds. The van der Waals surface area contributed by atoms with Crippen LogP contribution in [0, 0.1) is 17.8 Å². The summed E-state index contributed by atoms with van der Waals surface area (Å²) in [6, 6.07) is 0. The van der Waals surface area contributed by atoms with Crippen LogP contribution in [0.3, 0.4) is 0 Å². The number of hydrogen-bond acceptors (Lipinski definition) is 1. The van der Waals surface area contributed by atoms with Crippen LogP contribution in [0.1, 0.15) is 52.4 Å². The maximum absolute atomic E-state index is 10.3. The van der Waals surface area contributed by atoms with E-state index in [0.29, 0.717) is 5.92 Å². The first-order chi connectivity index (χ1) is 6.19. The zero-order valence-electron chi connectivity index (χ0n) is 8.77. The monoisotopic (exact) mass is 180 g/mol. The maximum Gasteiger partial charge on any atom is 0.0682 e. The van der Waals surface area contributed by atoms with Crippen molar-refractivity contribution in [3.05, 3.63) is 0 Å². The molecule has 13 heavy (non-hydrogen) atoms. The second kappa shape index (κ2) is 4.67. The average molecular weight is 180 g/mol. The Morgan fingerprint density at radius 3 is 2.85 bits per heavy atom. The molecule has 0 aromatic rings. The van der Waals surface area contributed by atoms with Crippen LogP contribution < -0.4 is 0 Å². The molecule has 1 N–H and O–H groups in total. The van der Waals surface area contributed by atoms with E-state index in [2.05, 4.69) is 18.8 Å². The van der Waals surface area contributed by atoms with Crippen molar-refractivity contribution in [2.45, 2.75) is 58.0 Å². The largest absolute Gasteiger partial charge is 0.390 e. The molecule has 0 aromatic carbocycles. The highest BCUT2D eigenvalue weighted by Gasteiger charge is 2.34. The van der Waals surface area contributed by atoms with Gasteiger partial charge in [-0.25, -0.2) is 0 Å². The van der Waals surface area contributed by atoms with Gasteiger partial charge in [-0.15, -0.1) is 11.8 Å². The molecule has 0 saturated heterocycles. The highest BCUT2D eigenvalue weighted by molar-refractivity contribution is 4.98. The topological polar surface area (TPSA) is 20.2 Å². The molecule has 0 aromatic heterocycles. The Morgan fingerprint density at radius 1 is 1.46 bits per heavy atom. The van der Waals surface area contributed by atoms with Crippen LogP contribution in [0.15, 0.2) is 0 Å². The Morgan fingerprint density at radius 2 is 2.23 bits per heavy atom. The average Bonchev–Trinajstić information content (AvgIpc) is 2.11. The molecule has 0 heterocycles. The Hall–Kier alpha value is -0.480. The van der Waals surface area contributed by atoms with Crippen molar-refractivity contribution in [2.24, 2.45) is 5.92 Å². The summed E-state index contributed by atoms with van der Waals surface area (Å²) >= 11 is 0. The van der Waals surface area contributed by atoms with Gasteiger partial charge in [0.1, 0.15) is 0 Å². The molecule has 1 nitrogen and oxygen atoms in total. The van der Waals surface area contributed by atoms with Gasteiger partial charge in [-0.3, -0.25) is 0 Å². The molecule has 2 unspecified atom stereocenters. The zero-order chi connectivity index (χ0) is 9.73. The molecule has 0 radical (unpaired) electrons. The molecule has 0 spiro atoms. The smallest absolute Gasteiger partial charge is 0.0682 e. The summed E-state index contributed by atoms with van der Waals surface area (Å²) in [6.45, 7) is 4.02. The van der Waals surface area contributed by atoms with Crippen LogP contribution in [0.25, 0.3) is 0 Å². The van der Waals surface area contributed by atoms with Gasteiger partial charge in [0, 0.05) is 6.42 Å². The minimum absolute atomic E-state index is 0.415. The number of aliphatic hydroxyl groups is 1. The molecule has 1 fully saturated rings. The molecule has 2 atom stereocenters. The van der Waals surface area contributed by atoms with E-state index < -0.39 is 5.60 Å². The predicted octanol–water partition coefficient (Wildman–Crippen LogP) is 2.73. The summed E-state index contributed by atoms with van der Waals surface area (Å²) in [6.07, 6.45) is 6.31. The third kappa shape index (κ3) is 2.74. The van der Waals surface area contributed by atoms with E-state index >= 15 is 0 Å². The van der Waals surface area contributed by atoms with Crippen LogP contribution in [-0.2, 0) is 0 Å². The van der Waals surface area contributed by atoms with Crippen LogP contribution in [0.4, 0.5) is 0 Å². The standard InChI is InChI=1S/C12H20O/c1-3-4-6-9-12(13)10-7-5-8-11(12)2/h11,13H,5-10H2,1-2H3. The van der Waals surface area contributed by atoms with E-state index in [9.17, 15) is 5.11 Å². The van der Waals surface area contributed by atoms with Gasteiger partial charge < -0.3 is 5.11 Å². The van der Waals surface area contributed by atoms with E-state index in [-0.39, 0.29) is 0 Å².